The molecule has 7 nitrogen and oxygen atoms in total. The summed E-state index contributed by atoms with van der Waals surface area (Å²) in [6.45, 7) is 4.50. The second-order valence-corrected chi connectivity index (χ2v) is 10.1. The molecule has 1 N–H and O–H groups in total. The number of amidine groups is 1. The molecule has 0 bridgehead atoms. The number of hydrogen-bond donors (Lipinski definition) is 1. The Balaban J connectivity index is 1.59. The lowest BCUT2D eigenvalue weighted by Crippen LogP contribution is -2.29. The maximum absolute atomic E-state index is 13.7. The molecule has 1 aromatic heterocycles. The van der Waals surface area contributed by atoms with Gasteiger partial charge in [-0.3, -0.25) is 14.5 Å². The van der Waals surface area contributed by atoms with E-state index in [4.69, 9.17) is 9.41 Å². The van der Waals surface area contributed by atoms with E-state index in [0.29, 0.717) is 33.6 Å². The van der Waals surface area contributed by atoms with E-state index in [2.05, 4.69) is 16.3 Å². The lowest BCUT2D eigenvalue weighted by atomic mass is 10.1. The van der Waals surface area contributed by atoms with Gasteiger partial charge in [-0.05, 0) is 68.1 Å². The van der Waals surface area contributed by atoms with Crippen molar-refractivity contribution in [2.45, 2.75) is 25.3 Å². The highest BCUT2D eigenvalue weighted by molar-refractivity contribution is 8.19. The number of hydrogen-bond acceptors (Lipinski definition) is 8. The summed E-state index contributed by atoms with van der Waals surface area (Å²) >= 11 is 2.93. The van der Waals surface area contributed by atoms with Gasteiger partial charge in [-0.15, -0.1) is 0 Å². The van der Waals surface area contributed by atoms with Crippen LogP contribution in [0, 0.1) is 0 Å². The summed E-state index contributed by atoms with van der Waals surface area (Å²) in [6.07, 6.45) is 1.59. The molecule has 9 heteroatoms. The minimum Gasteiger partial charge on any atom is -0.467 e. The Labute approximate surface area is 212 Å². The molecule has 2 aliphatic rings. The molecule has 0 saturated carbocycles. The van der Waals surface area contributed by atoms with E-state index < -0.39 is 0 Å². The third kappa shape index (κ3) is 4.49. The van der Waals surface area contributed by atoms with Crippen LogP contribution in [0.1, 0.15) is 30.0 Å². The van der Waals surface area contributed by atoms with Crippen molar-refractivity contribution in [3.8, 4) is 0 Å². The van der Waals surface area contributed by atoms with Crippen LogP contribution in [0.25, 0.3) is 0 Å². The van der Waals surface area contributed by atoms with Crippen molar-refractivity contribution in [1.82, 2.24) is 4.90 Å². The average Bonchev–Trinajstić information content (AvgIpc) is 3.56. The number of carbonyl (C=O) groups excluding carboxylic acids is 2. The lowest BCUT2D eigenvalue weighted by molar-refractivity contribution is -0.122. The van der Waals surface area contributed by atoms with Gasteiger partial charge in [0.05, 0.1) is 34.9 Å². The van der Waals surface area contributed by atoms with Crippen molar-refractivity contribution in [3.63, 3.8) is 0 Å². The number of Topliss-reactive ketones (excluding diaryl/α,β-unsaturated/α-hetero) is 1. The molecule has 3 heterocycles. The Bertz CT molecular complexity index is 1360. The van der Waals surface area contributed by atoms with E-state index in [1.165, 1.54) is 18.7 Å². The molecule has 0 spiro atoms. The molecular formula is C26H24N4O3S2. The van der Waals surface area contributed by atoms with E-state index >= 15 is 0 Å². The molecule has 1 amide bonds. The van der Waals surface area contributed by atoms with E-state index in [9.17, 15) is 9.59 Å². The minimum absolute atomic E-state index is 0.0401. The van der Waals surface area contributed by atoms with Crippen LogP contribution in [-0.4, -0.2) is 35.4 Å². The summed E-state index contributed by atoms with van der Waals surface area (Å²) in [5, 5.41) is 4.71. The van der Waals surface area contributed by atoms with Gasteiger partial charge in [0.25, 0.3) is 5.91 Å². The number of amides is 1. The highest BCUT2D eigenvalue weighted by Crippen LogP contribution is 2.50. The smallest absolute Gasteiger partial charge is 0.269 e. The molecule has 0 aliphatic carbocycles. The number of fused-ring (bicyclic) bond motifs is 1. The number of para-hydroxylation sites is 1. The fraction of sp³-hybridized carbons (Fsp3) is 0.192. The van der Waals surface area contributed by atoms with Gasteiger partial charge in [0.15, 0.2) is 11.0 Å². The number of nitrogens with one attached hydrogen (secondary N) is 1. The predicted octanol–water partition coefficient (Wildman–Crippen LogP) is 6.09. The largest absolute Gasteiger partial charge is 0.467 e. The molecule has 0 radical (unpaired) electrons. The van der Waals surface area contributed by atoms with Gasteiger partial charge in [0, 0.05) is 24.1 Å². The van der Waals surface area contributed by atoms with E-state index in [1.54, 1.807) is 41.1 Å². The van der Waals surface area contributed by atoms with Crippen molar-refractivity contribution < 1.29 is 14.0 Å². The standard InChI is InChI=1S/C26H24N4O3S2/c1-4-27-19-12-11-17(16(2)31)14-20(19)28-26-30(15-18-8-7-13-33-18)24(32)23(35-26)25-29(3)21-9-5-6-10-22(21)34-25/h5-14,27H,4,15H2,1-3H3/b25-23-,28-26+. The van der Waals surface area contributed by atoms with Crippen LogP contribution in [0.3, 0.4) is 0 Å². The number of rotatable bonds is 6. The highest BCUT2D eigenvalue weighted by atomic mass is 32.2. The monoisotopic (exact) mass is 504 g/mol. The third-order valence-electron chi connectivity index (χ3n) is 5.68. The minimum atomic E-state index is -0.125. The molecule has 3 aromatic rings. The van der Waals surface area contributed by atoms with Gasteiger partial charge in [-0.25, -0.2) is 4.99 Å². The first-order chi connectivity index (χ1) is 17.0. The van der Waals surface area contributed by atoms with Crippen LogP contribution in [0.4, 0.5) is 17.1 Å². The SMILES string of the molecule is CCNc1ccc(C(C)=O)cc1/N=C1/S/C(=C2\Sc3ccccc3N2C)C(=O)N1Cc1ccco1. The second kappa shape index (κ2) is 9.67. The molecular weight excluding hydrogens is 480 g/mol. The van der Waals surface area contributed by atoms with Gasteiger partial charge in [-0.2, -0.15) is 0 Å². The zero-order valence-corrected chi connectivity index (χ0v) is 21.2. The first-order valence-corrected chi connectivity index (χ1v) is 12.8. The number of furan rings is 1. The summed E-state index contributed by atoms with van der Waals surface area (Å²) in [6, 6.07) is 17.1. The summed E-state index contributed by atoms with van der Waals surface area (Å²) in [5.41, 5.74) is 3.05. The number of anilines is 2. The molecule has 178 valence electrons. The van der Waals surface area contributed by atoms with Crippen LogP contribution >= 0.6 is 23.5 Å². The maximum Gasteiger partial charge on any atom is 0.269 e. The fourth-order valence-electron chi connectivity index (χ4n) is 3.90. The number of carbonyl (C=O) groups is 2. The topological polar surface area (TPSA) is 78.2 Å². The molecule has 0 atom stereocenters. The Kier molecular flexibility index (Phi) is 6.44. The van der Waals surface area contributed by atoms with Crippen LogP contribution < -0.4 is 10.2 Å². The van der Waals surface area contributed by atoms with Crippen LogP contribution in [0.5, 0.6) is 0 Å². The normalized spacial score (nSPS) is 18.5. The Morgan fingerprint density at radius 2 is 1.94 bits per heavy atom. The van der Waals surface area contributed by atoms with E-state index in [1.807, 2.05) is 44.3 Å². The molecule has 2 aromatic carbocycles. The zero-order chi connectivity index (χ0) is 24.5. The van der Waals surface area contributed by atoms with Crippen LogP contribution in [0.15, 0.2) is 85.1 Å². The Morgan fingerprint density at radius 1 is 1.11 bits per heavy atom. The van der Waals surface area contributed by atoms with Gasteiger partial charge in [0.1, 0.15) is 10.7 Å². The van der Waals surface area contributed by atoms with Crippen molar-refractivity contribution in [2.75, 3.05) is 23.8 Å². The Morgan fingerprint density at radius 3 is 2.66 bits per heavy atom. The fourth-order valence-corrected chi connectivity index (χ4v) is 6.24. The molecule has 0 unspecified atom stereocenters. The molecule has 1 saturated heterocycles. The highest BCUT2D eigenvalue weighted by Gasteiger charge is 2.39. The van der Waals surface area contributed by atoms with Crippen molar-refractivity contribution >= 4 is 57.4 Å². The Hall–Kier alpha value is -3.43. The summed E-state index contributed by atoms with van der Waals surface area (Å²) in [5.74, 6) is 0.500. The van der Waals surface area contributed by atoms with Gasteiger partial charge in [0.2, 0.25) is 0 Å². The zero-order valence-electron chi connectivity index (χ0n) is 19.6. The van der Waals surface area contributed by atoms with Gasteiger partial charge in [-0.1, -0.05) is 23.9 Å². The molecule has 5 rings (SSSR count). The summed E-state index contributed by atoms with van der Waals surface area (Å²) < 4.78 is 5.54. The summed E-state index contributed by atoms with van der Waals surface area (Å²) in [7, 11) is 1.97. The average molecular weight is 505 g/mol. The number of nitrogens with zero attached hydrogens (tertiary/aromatic N) is 3. The lowest BCUT2D eigenvalue weighted by Gasteiger charge is -2.16. The number of ketones is 1. The summed E-state index contributed by atoms with van der Waals surface area (Å²) in [4.78, 5) is 36.1. The van der Waals surface area contributed by atoms with Crippen molar-refractivity contribution in [1.29, 1.82) is 0 Å². The quantitative estimate of drug-likeness (QED) is 0.322. The van der Waals surface area contributed by atoms with Crippen molar-refractivity contribution in [2.24, 2.45) is 4.99 Å². The molecule has 2 aliphatic heterocycles. The number of thioether (sulfide) groups is 2. The number of aliphatic imine (C=N–C) groups is 1. The molecule has 35 heavy (non-hydrogen) atoms. The van der Waals surface area contributed by atoms with Crippen molar-refractivity contribution in [3.05, 3.63) is 82.1 Å². The van der Waals surface area contributed by atoms with Gasteiger partial charge < -0.3 is 14.6 Å². The first kappa shape index (κ1) is 23.3. The van der Waals surface area contributed by atoms with Crippen LogP contribution in [-0.2, 0) is 11.3 Å². The second-order valence-electron chi connectivity index (χ2n) is 8.05. The maximum atomic E-state index is 13.7. The molecule has 1 fully saturated rings. The first-order valence-electron chi connectivity index (χ1n) is 11.2. The van der Waals surface area contributed by atoms with Gasteiger partial charge >= 0.3 is 0 Å². The van der Waals surface area contributed by atoms with Crippen LogP contribution in [0.2, 0.25) is 0 Å². The van der Waals surface area contributed by atoms with E-state index in [-0.39, 0.29) is 18.2 Å². The third-order valence-corrected chi connectivity index (χ3v) is 8.11. The number of benzene rings is 2. The predicted molar refractivity (Wildman–Crippen MR) is 142 cm³/mol. The van der Waals surface area contributed by atoms with E-state index in [0.717, 1.165) is 21.3 Å².